The highest BCUT2D eigenvalue weighted by Gasteiger charge is 2.36. The van der Waals surface area contributed by atoms with Crippen molar-refractivity contribution in [1.29, 1.82) is 0 Å². The second kappa shape index (κ2) is 5.20. The van der Waals surface area contributed by atoms with E-state index in [1.807, 2.05) is 6.92 Å². The van der Waals surface area contributed by atoms with Gasteiger partial charge in [0.1, 0.15) is 0 Å². The number of nitrogens with zero attached hydrogens (tertiary/aromatic N) is 1. The number of aliphatic hydroxyl groups is 1. The molecule has 0 saturated heterocycles. The van der Waals surface area contributed by atoms with Crippen molar-refractivity contribution in [3.8, 4) is 0 Å². The number of hydrogen-bond acceptors (Lipinski definition) is 3. The van der Waals surface area contributed by atoms with Gasteiger partial charge in [-0.25, -0.2) is 0 Å². The summed E-state index contributed by atoms with van der Waals surface area (Å²) in [5.74, 6) is -0.665. The fraction of sp³-hybridized carbons (Fsp3) is 0.385. The van der Waals surface area contributed by atoms with Crippen molar-refractivity contribution >= 4 is 27.7 Å². The molecule has 0 bridgehead atoms. The Bertz CT molecular complexity index is 454. The van der Waals surface area contributed by atoms with E-state index in [0.717, 1.165) is 4.90 Å². The van der Waals surface area contributed by atoms with Crippen molar-refractivity contribution in [1.82, 2.24) is 4.90 Å². The molecule has 4 nitrogen and oxygen atoms in total. The molecule has 1 aromatic rings. The molecule has 0 saturated carbocycles. The van der Waals surface area contributed by atoms with Gasteiger partial charge >= 0.3 is 0 Å². The first-order valence-electron chi connectivity index (χ1n) is 5.75. The number of alkyl halides is 1. The number of carbonyl (C=O) groups is 2. The van der Waals surface area contributed by atoms with Gasteiger partial charge in [0, 0.05) is 5.33 Å². The van der Waals surface area contributed by atoms with E-state index in [0.29, 0.717) is 16.5 Å². The number of fused-ring (bicyclic) bond motifs is 1. The van der Waals surface area contributed by atoms with E-state index in [1.54, 1.807) is 24.3 Å². The Morgan fingerprint density at radius 2 is 1.72 bits per heavy atom. The SMILES string of the molecule is CC(CBr)C(O)CN1C(=O)c2ccccc2C1=O. The van der Waals surface area contributed by atoms with Gasteiger partial charge in [-0.05, 0) is 18.1 Å². The lowest BCUT2D eigenvalue weighted by atomic mass is 10.1. The molecule has 0 spiro atoms. The second-order valence-corrected chi connectivity index (χ2v) is 5.11. The lowest BCUT2D eigenvalue weighted by Gasteiger charge is -2.22. The molecular weight excluding hydrogens is 298 g/mol. The molecule has 2 amide bonds. The summed E-state index contributed by atoms with van der Waals surface area (Å²) in [5, 5.41) is 10.5. The molecule has 1 aliphatic heterocycles. The van der Waals surface area contributed by atoms with Crippen LogP contribution >= 0.6 is 15.9 Å². The Morgan fingerprint density at radius 3 is 2.17 bits per heavy atom. The van der Waals surface area contributed by atoms with E-state index in [2.05, 4.69) is 15.9 Å². The van der Waals surface area contributed by atoms with E-state index >= 15 is 0 Å². The number of carbonyl (C=O) groups excluding carboxylic acids is 2. The molecule has 0 fully saturated rings. The van der Waals surface area contributed by atoms with Crippen LogP contribution in [0.2, 0.25) is 0 Å². The second-order valence-electron chi connectivity index (χ2n) is 4.47. The Kier molecular flexibility index (Phi) is 3.82. The van der Waals surface area contributed by atoms with Crippen LogP contribution in [0.25, 0.3) is 0 Å². The van der Waals surface area contributed by atoms with Gasteiger partial charge < -0.3 is 5.11 Å². The number of β-amino-alcohol motifs (C(OH)–C–C–N with tert-alkyl or cyclic N) is 1. The first-order chi connectivity index (χ1) is 8.56. The summed E-state index contributed by atoms with van der Waals surface area (Å²) >= 11 is 3.27. The summed E-state index contributed by atoms with van der Waals surface area (Å²) < 4.78 is 0. The summed E-state index contributed by atoms with van der Waals surface area (Å²) in [4.78, 5) is 25.2. The van der Waals surface area contributed by atoms with Crippen LogP contribution in [-0.4, -0.2) is 39.8 Å². The van der Waals surface area contributed by atoms with E-state index < -0.39 is 6.10 Å². The molecule has 0 aromatic heterocycles. The third-order valence-electron chi connectivity index (χ3n) is 3.15. The molecule has 2 unspecified atom stereocenters. The number of hydrogen-bond donors (Lipinski definition) is 1. The third kappa shape index (κ3) is 2.20. The van der Waals surface area contributed by atoms with Gasteiger partial charge in [-0.1, -0.05) is 35.0 Å². The largest absolute Gasteiger partial charge is 0.391 e. The number of rotatable bonds is 4. The average Bonchev–Trinajstić information content (AvgIpc) is 2.63. The molecule has 1 heterocycles. The summed E-state index contributed by atoms with van der Waals surface area (Å²) in [6.07, 6.45) is -0.716. The van der Waals surface area contributed by atoms with Crippen molar-refractivity contribution < 1.29 is 14.7 Å². The number of halogens is 1. The highest BCUT2D eigenvalue weighted by atomic mass is 79.9. The van der Waals surface area contributed by atoms with Crippen molar-refractivity contribution in [2.45, 2.75) is 13.0 Å². The molecule has 96 valence electrons. The first kappa shape index (κ1) is 13.2. The molecule has 2 rings (SSSR count). The standard InChI is InChI=1S/C13H14BrNO3/c1-8(6-14)11(16)7-15-12(17)9-4-2-3-5-10(9)13(15)18/h2-5,8,11,16H,6-7H2,1H3. The summed E-state index contributed by atoms with van der Waals surface area (Å²) in [6.45, 7) is 1.90. The lowest BCUT2D eigenvalue weighted by molar-refractivity contribution is 0.0477. The van der Waals surface area contributed by atoms with Gasteiger partial charge in [-0.2, -0.15) is 0 Å². The number of benzene rings is 1. The number of imide groups is 1. The fourth-order valence-corrected chi connectivity index (χ4v) is 2.31. The molecule has 0 radical (unpaired) electrons. The highest BCUT2D eigenvalue weighted by molar-refractivity contribution is 9.09. The Hall–Kier alpha value is -1.20. The zero-order valence-corrected chi connectivity index (χ0v) is 11.6. The molecule has 1 aliphatic rings. The quantitative estimate of drug-likeness (QED) is 0.680. The molecule has 0 aliphatic carbocycles. The van der Waals surface area contributed by atoms with Gasteiger partial charge in [0.2, 0.25) is 0 Å². The predicted molar refractivity (Wildman–Crippen MR) is 70.8 cm³/mol. The van der Waals surface area contributed by atoms with Crippen molar-refractivity contribution in [3.05, 3.63) is 35.4 Å². The van der Waals surface area contributed by atoms with E-state index in [1.165, 1.54) is 0 Å². The van der Waals surface area contributed by atoms with Gasteiger partial charge in [-0.3, -0.25) is 14.5 Å². The fourth-order valence-electron chi connectivity index (χ4n) is 1.87. The lowest BCUT2D eigenvalue weighted by Crippen LogP contribution is -2.39. The Balaban J connectivity index is 2.19. The van der Waals surface area contributed by atoms with E-state index in [4.69, 9.17) is 0 Å². The summed E-state index contributed by atoms with van der Waals surface area (Å²) in [6, 6.07) is 6.72. The van der Waals surface area contributed by atoms with Crippen LogP contribution < -0.4 is 0 Å². The smallest absolute Gasteiger partial charge is 0.261 e. The minimum absolute atomic E-state index is 0.0192. The van der Waals surface area contributed by atoms with E-state index in [9.17, 15) is 14.7 Å². The van der Waals surface area contributed by atoms with Crippen LogP contribution in [-0.2, 0) is 0 Å². The zero-order chi connectivity index (χ0) is 13.3. The van der Waals surface area contributed by atoms with Crippen LogP contribution in [0.3, 0.4) is 0 Å². The van der Waals surface area contributed by atoms with Gasteiger partial charge in [-0.15, -0.1) is 0 Å². The molecule has 18 heavy (non-hydrogen) atoms. The van der Waals surface area contributed by atoms with Crippen molar-refractivity contribution in [2.75, 3.05) is 11.9 Å². The third-order valence-corrected chi connectivity index (χ3v) is 4.17. The van der Waals surface area contributed by atoms with Gasteiger partial charge in [0.05, 0.1) is 23.8 Å². The predicted octanol–water partition coefficient (Wildman–Crippen LogP) is 1.67. The average molecular weight is 312 g/mol. The normalized spacial score (nSPS) is 17.8. The monoisotopic (exact) mass is 311 g/mol. The molecule has 5 heteroatoms. The van der Waals surface area contributed by atoms with Crippen LogP contribution in [0.5, 0.6) is 0 Å². The minimum atomic E-state index is -0.716. The van der Waals surface area contributed by atoms with Crippen LogP contribution in [0.4, 0.5) is 0 Å². The number of aliphatic hydroxyl groups excluding tert-OH is 1. The maximum Gasteiger partial charge on any atom is 0.261 e. The Morgan fingerprint density at radius 1 is 1.22 bits per heavy atom. The minimum Gasteiger partial charge on any atom is -0.391 e. The summed E-state index contributed by atoms with van der Waals surface area (Å²) in [5.41, 5.74) is 0.836. The topological polar surface area (TPSA) is 57.6 Å². The van der Waals surface area contributed by atoms with Crippen LogP contribution in [0.15, 0.2) is 24.3 Å². The Labute approximate surface area is 114 Å². The maximum atomic E-state index is 12.0. The van der Waals surface area contributed by atoms with Gasteiger partial charge in [0.25, 0.3) is 11.8 Å². The number of amides is 2. The molecule has 1 N–H and O–H groups in total. The van der Waals surface area contributed by atoms with Gasteiger partial charge in [0.15, 0.2) is 0 Å². The highest BCUT2D eigenvalue weighted by Crippen LogP contribution is 2.23. The van der Waals surface area contributed by atoms with Crippen LogP contribution in [0, 0.1) is 5.92 Å². The van der Waals surface area contributed by atoms with Crippen LogP contribution in [0.1, 0.15) is 27.6 Å². The van der Waals surface area contributed by atoms with Crippen molar-refractivity contribution in [3.63, 3.8) is 0 Å². The maximum absolute atomic E-state index is 12.0. The zero-order valence-electron chi connectivity index (χ0n) is 9.97. The summed E-state index contributed by atoms with van der Waals surface area (Å²) in [7, 11) is 0. The molecule has 2 atom stereocenters. The van der Waals surface area contributed by atoms with Crippen molar-refractivity contribution in [2.24, 2.45) is 5.92 Å². The van der Waals surface area contributed by atoms with E-state index in [-0.39, 0.29) is 24.3 Å². The first-order valence-corrected chi connectivity index (χ1v) is 6.87. The molecule has 1 aromatic carbocycles. The molecular formula is C13H14BrNO3.